The molecule has 0 spiro atoms. The van der Waals surface area contributed by atoms with Gasteiger partial charge in [-0.3, -0.25) is 14.9 Å². The van der Waals surface area contributed by atoms with E-state index >= 15 is 0 Å². The Kier molecular flexibility index (Phi) is 6.96. The summed E-state index contributed by atoms with van der Waals surface area (Å²) in [6, 6.07) is -3.33. The molecule has 132 valence electrons. The van der Waals surface area contributed by atoms with Crippen LogP contribution in [-0.2, 0) is 14.4 Å². The molecule has 23 heavy (non-hydrogen) atoms. The summed E-state index contributed by atoms with van der Waals surface area (Å²) < 4.78 is 0. The third-order valence-corrected chi connectivity index (χ3v) is 4.06. The number of likely N-dealkylation sites (tertiary alicyclic amines) is 1. The Hall–Kier alpha value is -1.67. The molecule has 1 heterocycles. The van der Waals surface area contributed by atoms with E-state index in [-0.39, 0.29) is 5.92 Å². The maximum atomic E-state index is 12.4. The minimum atomic E-state index is -1.12. The highest BCUT2D eigenvalue weighted by molar-refractivity contribution is 5.88. The van der Waals surface area contributed by atoms with Gasteiger partial charge in [0.1, 0.15) is 12.1 Å². The molecule has 0 aromatic carbocycles. The first-order valence-electron chi connectivity index (χ1n) is 7.92. The average Bonchev–Trinajstić information content (AvgIpc) is 2.91. The first kappa shape index (κ1) is 19.4. The molecule has 1 saturated heterocycles. The number of carboxylic acids is 2. The lowest BCUT2D eigenvalue weighted by atomic mass is 9.97. The monoisotopic (exact) mass is 329 g/mol. The lowest BCUT2D eigenvalue weighted by molar-refractivity contribution is -0.149. The second-order valence-corrected chi connectivity index (χ2v) is 6.53. The largest absolute Gasteiger partial charge is 0.480 e. The third-order valence-electron chi connectivity index (χ3n) is 4.06. The highest BCUT2D eigenvalue weighted by Crippen LogP contribution is 2.18. The first-order valence-corrected chi connectivity index (χ1v) is 7.92. The number of aliphatic carboxylic acids is 2. The molecule has 1 rings (SSSR count). The van der Waals surface area contributed by atoms with Crippen molar-refractivity contribution in [3.8, 4) is 0 Å². The summed E-state index contributed by atoms with van der Waals surface area (Å²) in [5, 5.41) is 21.2. The number of nitrogens with one attached hydrogen (secondary N) is 1. The maximum absolute atomic E-state index is 12.4. The summed E-state index contributed by atoms with van der Waals surface area (Å²) in [4.78, 5) is 36.3. The van der Waals surface area contributed by atoms with Crippen LogP contribution in [0.3, 0.4) is 0 Å². The van der Waals surface area contributed by atoms with Crippen molar-refractivity contribution in [1.82, 2.24) is 10.2 Å². The Bertz CT molecular complexity index is 454. The molecule has 1 amide bonds. The minimum absolute atomic E-state index is 0.231. The Morgan fingerprint density at radius 1 is 1.26 bits per heavy atom. The zero-order valence-electron chi connectivity index (χ0n) is 13.9. The quantitative estimate of drug-likeness (QED) is 0.487. The fraction of sp³-hybridized carbons (Fsp3) is 0.800. The van der Waals surface area contributed by atoms with Crippen LogP contribution in [0.25, 0.3) is 0 Å². The van der Waals surface area contributed by atoms with Gasteiger partial charge in [-0.25, -0.2) is 4.79 Å². The first-order chi connectivity index (χ1) is 10.6. The van der Waals surface area contributed by atoms with E-state index in [1.807, 2.05) is 13.8 Å². The van der Waals surface area contributed by atoms with Crippen molar-refractivity contribution in [1.29, 1.82) is 0 Å². The molecule has 1 fully saturated rings. The fourth-order valence-corrected chi connectivity index (χ4v) is 2.94. The zero-order chi connectivity index (χ0) is 17.7. The van der Waals surface area contributed by atoms with Gasteiger partial charge in [0.2, 0.25) is 5.91 Å². The highest BCUT2D eigenvalue weighted by Gasteiger charge is 2.37. The van der Waals surface area contributed by atoms with Crippen LogP contribution < -0.4 is 11.1 Å². The third kappa shape index (κ3) is 5.18. The fourth-order valence-electron chi connectivity index (χ4n) is 2.94. The van der Waals surface area contributed by atoms with Crippen LogP contribution in [0.4, 0.5) is 0 Å². The number of carbonyl (C=O) groups is 3. The van der Waals surface area contributed by atoms with E-state index < -0.39 is 42.0 Å². The van der Waals surface area contributed by atoms with Gasteiger partial charge in [-0.15, -0.1) is 0 Å². The van der Waals surface area contributed by atoms with Gasteiger partial charge in [0.15, 0.2) is 0 Å². The highest BCUT2D eigenvalue weighted by atomic mass is 16.4. The van der Waals surface area contributed by atoms with Gasteiger partial charge in [-0.1, -0.05) is 13.8 Å². The van der Waals surface area contributed by atoms with E-state index in [0.717, 1.165) is 0 Å². The topological polar surface area (TPSA) is 133 Å². The van der Waals surface area contributed by atoms with E-state index in [1.54, 1.807) is 0 Å². The molecule has 0 saturated carbocycles. The second-order valence-electron chi connectivity index (χ2n) is 6.53. The molecular weight excluding hydrogens is 302 g/mol. The summed E-state index contributed by atoms with van der Waals surface area (Å²) in [6.07, 6.45) is 1.56. The molecule has 4 atom stereocenters. The molecule has 1 aliphatic heterocycles. The number of carboxylic acid groups (broad SMARTS) is 2. The van der Waals surface area contributed by atoms with E-state index in [9.17, 15) is 19.5 Å². The van der Waals surface area contributed by atoms with Crippen molar-refractivity contribution < 1.29 is 24.6 Å². The Morgan fingerprint density at radius 3 is 2.35 bits per heavy atom. The summed E-state index contributed by atoms with van der Waals surface area (Å²) >= 11 is 0. The molecule has 1 aliphatic rings. The number of nitrogens with two attached hydrogens (primary N) is 1. The van der Waals surface area contributed by atoms with Crippen LogP contribution in [0.2, 0.25) is 0 Å². The van der Waals surface area contributed by atoms with E-state index in [4.69, 9.17) is 10.8 Å². The maximum Gasteiger partial charge on any atom is 0.326 e. The lowest BCUT2D eigenvalue weighted by Crippen LogP contribution is -2.58. The van der Waals surface area contributed by atoms with Gasteiger partial charge in [-0.2, -0.15) is 0 Å². The second kappa shape index (κ2) is 8.26. The molecule has 0 aromatic heterocycles. The molecular formula is C15H27N3O5. The summed E-state index contributed by atoms with van der Waals surface area (Å²) in [6.45, 7) is 5.79. The predicted octanol–water partition coefficient (Wildman–Crippen LogP) is -0.133. The van der Waals surface area contributed by atoms with Crippen LogP contribution in [-0.4, -0.2) is 63.7 Å². The van der Waals surface area contributed by atoms with Crippen molar-refractivity contribution in [3.05, 3.63) is 0 Å². The number of amides is 1. The number of hydrogen-bond donors (Lipinski definition) is 4. The van der Waals surface area contributed by atoms with Gasteiger partial charge in [-0.05, 0) is 32.1 Å². The van der Waals surface area contributed by atoms with Crippen LogP contribution in [0.15, 0.2) is 0 Å². The van der Waals surface area contributed by atoms with Gasteiger partial charge < -0.3 is 20.8 Å². The van der Waals surface area contributed by atoms with Crippen molar-refractivity contribution in [2.24, 2.45) is 11.7 Å². The number of carbonyl (C=O) groups excluding carboxylic acids is 1. The van der Waals surface area contributed by atoms with Crippen molar-refractivity contribution in [3.63, 3.8) is 0 Å². The van der Waals surface area contributed by atoms with Crippen molar-refractivity contribution in [2.75, 3.05) is 6.54 Å². The number of rotatable bonds is 8. The van der Waals surface area contributed by atoms with E-state index in [0.29, 0.717) is 25.8 Å². The SMILES string of the molecule is CC(C)CC(N)C(N[C@@H](C)C(=O)N1CCC[C@H]1C(=O)O)C(=O)O. The van der Waals surface area contributed by atoms with Gasteiger partial charge >= 0.3 is 11.9 Å². The zero-order valence-corrected chi connectivity index (χ0v) is 13.9. The molecule has 0 radical (unpaired) electrons. The van der Waals surface area contributed by atoms with Gasteiger partial charge in [0.05, 0.1) is 6.04 Å². The molecule has 0 aliphatic carbocycles. The van der Waals surface area contributed by atoms with Crippen LogP contribution in [0, 0.1) is 5.92 Å². The van der Waals surface area contributed by atoms with Gasteiger partial charge in [0, 0.05) is 12.6 Å². The predicted molar refractivity (Wildman–Crippen MR) is 83.8 cm³/mol. The van der Waals surface area contributed by atoms with Crippen LogP contribution in [0.5, 0.6) is 0 Å². The molecule has 8 heteroatoms. The summed E-state index contributed by atoms with van der Waals surface area (Å²) in [5.74, 6) is -2.32. The normalized spacial score (nSPS) is 22.0. The molecule has 0 aromatic rings. The number of hydrogen-bond acceptors (Lipinski definition) is 5. The van der Waals surface area contributed by atoms with E-state index in [1.165, 1.54) is 11.8 Å². The molecule has 0 bridgehead atoms. The number of nitrogens with zero attached hydrogens (tertiary/aromatic N) is 1. The Labute approximate surface area is 136 Å². The van der Waals surface area contributed by atoms with Crippen LogP contribution >= 0.6 is 0 Å². The van der Waals surface area contributed by atoms with Crippen molar-refractivity contribution in [2.45, 2.75) is 64.2 Å². The van der Waals surface area contributed by atoms with Crippen LogP contribution in [0.1, 0.15) is 40.0 Å². The summed E-state index contributed by atoms with van der Waals surface area (Å²) in [5.41, 5.74) is 5.93. The van der Waals surface area contributed by atoms with E-state index in [2.05, 4.69) is 5.32 Å². The molecule has 2 unspecified atom stereocenters. The van der Waals surface area contributed by atoms with Gasteiger partial charge in [0.25, 0.3) is 0 Å². The standard InChI is InChI=1S/C15H27N3O5/c1-8(2)7-10(16)12(15(22)23)17-9(3)13(19)18-6-4-5-11(18)14(20)21/h8-12,17H,4-7,16H2,1-3H3,(H,20,21)(H,22,23)/t9-,10?,11-,12?/m0/s1. The minimum Gasteiger partial charge on any atom is -0.480 e. The summed E-state index contributed by atoms with van der Waals surface area (Å²) in [7, 11) is 0. The average molecular weight is 329 g/mol. The smallest absolute Gasteiger partial charge is 0.326 e. The molecule has 5 N–H and O–H groups in total. The Balaban J connectivity index is 2.74. The van der Waals surface area contributed by atoms with Crippen molar-refractivity contribution >= 4 is 17.8 Å². The molecule has 8 nitrogen and oxygen atoms in total. The Morgan fingerprint density at radius 2 is 1.87 bits per heavy atom. The lowest BCUT2D eigenvalue weighted by Gasteiger charge is -2.29.